The number of H-pyrrole nitrogens is 2. The summed E-state index contributed by atoms with van der Waals surface area (Å²) in [5.74, 6) is 1.38. The normalized spacial score (nSPS) is 15.7. The number of ether oxygens (including phenoxy) is 2. The molecular weight excluding hydrogens is 1060 g/mol. The molecule has 0 amide bonds. The van der Waals surface area contributed by atoms with E-state index in [-0.39, 0.29) is 0 Å². The number of nitrogens with zero attached hydrogens (tertiary/aromatic N) is 6. The van der Waals surface area contributed by atoms with Crippen molar-refractivity contribution < 1.29 is 13.9 Å². The van der Waals surface area contributed by atoms with Gasteiger partial charge in [-0.15, -0.1) is 0 Å². The highest BCUT2D eigenvalue weighted by Crippen LogP contribution is 2.40. The molecule has 4 aliphatic rings. The molecule has 0 spiro atoms. The van der Waals surface area contributed by atoms with Crippen molar-refractivity contribution in [3.05, 3.63) is 258 Å². The Kier molecular flexibility index (Phi) is 17.3. The van der Waals surface area contributed by atoms with E-state index >= 15 is 0 Å². The predicted octanol–water partition coefficient (Wildman–Crippen LogP) is 13.7. The van der Waals surface area contributed by atoms with Crippen LogP contribution < -0.4 is 29.9 Å². The van der Waals surface area contributed by atoms with Crippen molar-refractivity contribution in [2.45, 2.75) is 19.6 Å². The zero-order valence-corrected chi connectivity index (χ0v) is 48.8. The van der Waals surface area contributed by atoms with E-state index < -0.39 is 5.76 Å². The largest absolute Gasteiger partial charge is 0.486 e. The molecule has 11 aromatic rings. The van der Waals surface area contributed by atoms with E-state index in [9.17, 15) is 4.79 Å². The van der Waals surface area contributed by atoms with Crippen LogP contribution in [0.3, 0.4) is 0 Å². The van der Waals surface area contributed by atoms with Gasteiger partial charge in [-0.3, -0.25) is 19.7 Å². The van der Waals surface area contributed by atoms with Gasteiger partial charge in [0.2, 0.25) is 0 Å². The first-order valence-corrected chi connectivity index (χ1v) is 30.4. The predicted molar refractivity (Wildman–Crippen MR) is 351 cm³/mol. The van der Waals surface area contributed by atoms with E-state index in [0.717, 1.165) is 127 Å². The molecule has 15 rings (SSSR count). The maximum Gasteiger partial charge on any atom is 0.417 e. The lowest BCUT2D eigenvalue weighted by molar-refractivity contribution is 0.171. The van der Waals surface area contributed by atoms with Gasteiger partial charge in [0, 0.05) is 110 Å². The third kappa shape index (κ3) is 13.4. The lowest BCUT2D eigenvalue weighted by Gasteiger charge is -2.37. The van der Waals surface area contributed by atoms with Crippen molar-refractivity contribution in [3.63, 3.8) is 0 Å². The van der Waals surface area contributed by atoms with Crippen LogP contribution in [0.4, 0.5) is 17.1 Å². The summed E-state index contributed by atoms with van der Waals surface area (Å²) >= 11 is 0. The molecule has 6 heterocycles. The number of hydrogen-bond donors (Lipinski definition) is 2. The summed E-state index contributed by atoms with van der Waals surface area (Å²) in [7, 11) is 0. The molecule has 12 heteroatoms. The van der Waals surface area contributed by atoms with Crippen LogP contribution in [0.25, 0.3) is 55.4 Å². The first kappa shape index (κ1) is 55.8. The minimum atomic E-state index is -0.399. The average Bonchev–Trinajstić information content (AvgIpc) is 3.71. The number of para-hydroxylation sites is 3. The Bertz CT molecular complexity index is 4030. The number of piperazine rings is 3. The van der Waals surface area contributed by atoms with Gasteiger partial charge in [0.1, 0.15) is 13.2 Å². The van der Waals surface area contributed by atoms with Crippen LogP contribution in [0.15, 0.2) is 240 Å². The second kappa shape index (κ2) is 26.7. The number of aromatic amines is 2. The molecule has 0 aliphatic carbocycles. The van der Waals surface area contributed by atoms with Gasteiger partial charge in [-0.1, -0.05) is 170 Å². The molecule has 0 bridgehead atoms. The fourth-order valence-electron chi connectivity index (χ4n) is 12.5. The Morgan fingerprint density at radius 2 is 0.791 bits per heavy atom. The molecule has 9 aromatic carbocycles. The standard InChI is InChI=1S/C25H25N3.C25H26N2O2.C24H23N3O2/c1-2-7-21(8-3-1)23-10-4-6-20(18-23)19-27-14-16-28(17-15-27)24-11-5-9-22-12-13-26-25(22)24;1-2-7-21(8-3-1)22-9-4-6-20(18-22)19-26-12-14-27(15-13-26)23-10-5-11-24-25(23)29-17-16-28-24;28-24-25-21-10-5-11-22(23(21)29-24)27-14-12-26(13-15-27)17-18-6-4-9-20(16-18)19-7-2-1-3-8-19/h1-13,18,26H,14-17,19H2;1-11,18H,12-17,19H2;1-11,16H,12-15,17H2,(H,25,28). The maximum atomic E-state index is 11.6. The summed E-state index contributed by atoms with van der Waals surface area (Å²) in [5, 5.41) is 1.29. The molecule has 0 radical (unpaired) electrons. The summed E-state index contributed by atoms with van der Waals surface area (Å²) in [4.78, 5) is 32.5. The molecule has 0 saturated carbocycles. The quantitative estimate of drug-likeness (QED) is 0.123. The number of hydrogen-bond acceptors (Lipinski definition) is 10. The van der Waals surface area contributed by atoms with Crippen molar-refractivity contribution in [2.24, 2.45) is 0 Å². The minimum Gasteiger partial charge on any atom is -0.486 e. The van der Waals surface area contributed by atoms with Crippen LogP contribution in [0, 0.1) is 0 Å². The van der Waals surface area contributed by atoms with E-state index in [1.165, 1.54) is 66.7 Å². The van der Waals surface area contributed by atoms with Crippen molar-refractivity contribution in [1.29, 1.82) is 0 Å². The molecule has 0 unspecified atom stereocenters. The van der Waals surface area contributed by atoms with Crippen molar-refractivity contribution in [3.8, 4) is 44.9 Å². The van der Waals surface area contributed by atoms with Crippen LogP contribution in [-0.2, 0) is 19.6 Å². The third-order valence-electron chi connectivity index (χ3n) is 17.0. The number of aromatic nitrogens is 2. The lowest BCUT2D eigenvalue weighted by atomic mass is 10.0. The van der Waals surface area contributed by atoms with Gasteiger partial charge in [0.15, 0.2) is 17.1 Å². The molecule has 0 atom stereocenters. The Hall–Kier alpha value is -9.33. The van der Waals surface area contributed by atoms with Crippen molar-refractivity contribution in [1.82, 2.24) is 24.7 Å². The first-order chi connectivity index (χ1) is 42.5. The van der Waals surface area contributed by atoms with Crippen LogP contribution in [0.1, 0.15) is 16.7 Å². The van der Waals surface area contributed by atoms with Gasteiger partial charge in [-0.05, 0) is 105 Å². The van der Waals surface area contributed by atoms with E-state index in [1.807, 2.05) is 36.5 Å². The minimum absolute atomic E-state index is 0.399. The molecule has 3 fully saturated rings. The van der Waals surface area contributed by atoms with Crippen molar-refractivity contribution >= 4 is 39.1 Å². The summed E-state index contributed by atoms with van der Waals surface area (Å²) < 4.78 is 17.0. The van der Waals surface area contributed by atoms with Gasteiger partial charge >= 0.3 is 5.76 Å². The third-order valence-corrected chi connectivity index (χ3v) is 17.0. The molecule has 2 N–H and O–H groups in total. The fourth-order valence-corrected chi connectivity index (χ4v) is 12.5. The molecule has 2 aromatic heterocycles. The summed E-state index contributed by atoms with van der Waals surface area (Å²) in [6.07, 6.45) is 2.03. The number of benzene rings is 9. The van der Waals surface area contributed by atoms with Gasteiger partial charge in [0.05, 0.1) is 28.1 Å². The van der Waals surface area contributed by atoms with Crippen LogP contribution >= 0.6 is 0 Å². The highest BCUT2D eigenvalue weighted by Gasteiger charge is 2.25. The van der Waals surface area contributed by atoms with E-state index in [2.05, 4.69) is 233 Å². The Morgan fingerprint density at radius 3 is 1.31 bits per heavy atom. The van der Waals surface area contributed by atoms with Gasteiger partial charge in [-0.25, -0.2) is 4.79 Å². The summed E-state index contributed by atoms with van der Waals surface area (Å²) in [6, 6.07) is 79.2. The monoisotopic (exact) mass is 1140 g/mol. The highest BCUT2D eigenvalue weighted by molar-refractivity contribution is 5.91. The van der Waals surface area contributed by atoms with Gasteiger partial charge in [0.25, 0.3) is 0 Å². The summed E-state index contributed by atoms with van der Waals surface area (Å²) in [5.41, 5.74) is 17.9. The molecule has 434 valence electrons. The Balaban J connectivity index is 0.000000120. The smallest absolute Gasteiger partial charge is 0.417 e. The SMILES string of the molecule is O=c1[nH]c2cccc(N3CCN(Cc4cccc(-c5ccccc5)c4)CC3)c2o1.c1ccc(-c2cccc(CN3CCN(c4cccc5c4OCCO5)CC3)c2)cc1.c1ccc(-c2cccc(CN3CCN(c4cccc5cc[nH]c45)CC3)c2)cc1. The maximum absolute atomic E-state index is 11.6. The number of nitrogens with one attached hydrogen (secondary N) is 2. The molecule has 86 heavy (non-hydrogen) atoms. The number of oxazole rings is 1. The topological polar surface area (TPSA) is 99.7 Å². The van der Waals surface area contributed by atoms with Crippen LogP contribution in [0.2, 0.25) is 0 Å². The first-order valence-electron chi connectivity index (χ1n) is 30.4. The summed E-state index contributed by atoms with van der Waals surface area (Å²) in [6.45, 7) is 16.4. The molecule has 3 saturated heterocycles. The molecular formula is C74H74N8O4. The average molecular weight is 1140 g/mol. The highest BCUT2D eigenvalue weighted by atomic mass is 16.6. The number of rotatable bonds is 12. The van der Waals surface area contributed by atoms with Crippen LogP contribution in [0.5, 0.6) is 11.5 Å². The van der Waals surface area contributed by atoms with Gasteiger partial charge < -0.3 is 33.6 Å². The molecule has 12 nitrogen and oxygen atoms in total. The second-order valence-electron chi connectivity index (χ2n) is 22.7. The Morgan fingerprint density at radius 1 is 0.372 bits per heavy atom. The zero-order chi connectivity index (χ0) is 57.9. The number of fused-ring (bicyclic) bond motifs is 3. The van der Waals surface area contributed by atoms with Crippen molar-refractivity contribution in [2.75, 3.05) is 106 Å². The van der Waals surface area contributed by atoms with Gasteiger partial charge in [-0.2, -0.15) is 0 Å². The lowest BCUT2D eigenvalue weighted by Crippen LogP contribution is -2.46. The Labute approximate surface area is 504 Å². The zero-order valence-electron chi connectivity index (χ0n) is 48.8. The van der Waals surface area contributed by atoms with E-state index in [0.29, 0.717) is 18.8 Å². The molecule has 4 aliphatic heterocycles. The van der Waals surface area contributed by atoms with E-state index in [4.69, 9.17) is 13.9 Å². The van der Waals surface area contributed by atoms with Crippen LogP contribution in [-0.4, -0.2) is 116 Å². The van der Waals surface area contributed by atoms with E-state index in [1.54, 1.807) is 0 Å². The second-order valence-corrected chi connectivity index (χ2v) is 22.7. The number of anilines is 3. The fraction of sp³-hybridized carbons (Fsp3) is 0.230.